The van der Waals surface area contributed by atoms with Crippen molar-refractivity contribution in [1.29, 1.82) is 0 Å². The molecule has 3 rings (SSSR count). The quantitative estimate of drug-likeness (QED) is 0.713. The number of hydrogen-bond donors (Lipinski definition) is 3. The first kappa shape index (κ1) is 12.3. The molecule has 0 radical (unpaired) electrons. The van der Waals surface area contributed by atoms with Gasteiger partial charge in [-0.1, -0.05) is 18.2 Å². The fraction of sp³-hybridized carbons (Fsp3) is 0.833. The molecule has 5 unspecified atom stereocenters. The van der Waals surface area contributed by atoms with E-state index < -0.39 is 12.2 Å². The van der Waals surface area contributed by atoms with Gasteiger partial charge in [-0.05, 0) is 31.1 Å². The highest BCUT2D eigenvalue weighted by molar-refractivity contribution is 8.14. The number of carboxylic acids is 1. The molecule has 3 N–H and O–H groups in total. The van der Waals surface area contributed by atoms with Crippen LogP contribution in [0.5, 0.6) is 0 Å². The van der Waals surface area contributed by atoms with Crippen LogP contribution in [-0.4, -0.2) is 38.9 Å². The minimum absolute atomic E-state index is 0.0444. The number of aliphatic carboxylic acids is 1. The molecule has 5 nitrogen and oxygen atoms in total. The number of rotatable bonds is 3. The largest absolute Gasteiger partial charge is 0.481 e. The van der Waals surface area contributed by atoms with E-state index in [4.69, 9.17) is 5.11 Å². The van der Waals surface area contributed by atoms with Crippen LogP contribution >= 0.6 is 11.8 Å². The van der Waals surface area contributed by atoms with Crippen molar-refractivity contribution in [1.82, 2.24) is 5.32 Å². The Morgan fingerprint density at radius 2 is 2.28 bits per heavy atom. The third-order valence-corrected chi connectivity index (χ3v) is 5.43. The second kappa shape index (κ2) is 4.74. The lowest BCUT2D eigenvalue weighted by atomic mass is 9.96. The normalized spacial score (nSPS) is 42.1. The van der Waals surface area contributed by atoms with E-state index in [-0.39, 0.29) is 11.7 Å². The van der Waals surface area contributed by atoms with Crippen molar-refractivity contribution in [3.63, 3.8) is 0 Å². The number of nitrogens with zero attached hydrogens (tertiary/aromatic N) is 1. The van der Waals surface area contributed by atoms with E-state index in [9.17, 15) is 9.90 Å². The fourth-order valence-electron chi connectivity index (χ4n) is 3.41. The minimum Gasteiger partial charge on any atom is -0.481 e. The van der Waals surface area contributed by atoms with Gasteiger partial charge in [-0.3, -0.25) is 4.79 Å². The average Bonchev–Trinajstić information content (AvgIpc) is 2.95. The first-order chi connectivity index (χ1) is 8.61. The lowest BCUT2D eigenvalue weighted by molar-refractivity contribution is -0.137. The van der Waals surface area contributed by atoms with E-state index in [0.717, 1.165) is 17.0 Å². The Morgan fingerprint density at radius 1 is 1.44 bits per heavy atom. The molecule has 100 valence electrons. The van der Waals surface area contributed by atoms with Gasteiger partial charge in [-0.15, -0.1) is 0 Å². The lowest BCUT2D eigenvalue weighted by Crippen LogP contribution is -2.36. The molecular formula is C12H18N2O3S. The minimum atomic E-state index is -0.886. The number of nitrogens with one attached hydrogen (secondary N) is 1. The number of amidine groups is 1. The third kappa shape index (κ3) is 2.36. The van der Waals surface area contributed by atoms with E-state index in [2.05, 4.69) is 10.3 Å². The molecular weight excluding hydrogens is 252 g/mol. The van der Waals surface area contributed by atoms with Gasteiger partial charge < -0.3 is 15.5 Å². The van der Waals surface area contributed by atoms with Crippen LogP contribution in [0, 0.1) is 11.8 Å². The molecule has 3 aliphatic rings. The summed E-state index contributed by atoms with van der Waals surface area (Å²) in [5, 5.41) is 22.2. The topological polar surface area (TPSA) is 81.9 Å². The molecule has 1 heterocycles. The summed E-state index contributed by atoms with van der Waals surface area (Å²) in [6.45, 7) is 0. The monoisotopic (exact) mass is 270 g/mol. The number of hydrogen-bond acceptors (Lipinski definition) is 5. The number of carboxylic acid groups (broad SMARTS) is 1. The first-order valence-electron chi connectivity index (χ1n) is 6.52. The molecule has 2 bridgehead atoms. The second-order valence-electron chi connectivity index (χ2n) is 5.53. The Morgan fingerprint density at radius 3 is 2.89 bits per heavy atom. The van der Waals surface area contributed by atoms with Gasteiger partial charge in [0.2, 0.25) is 0 Å². The summed E-state index contributed by atoms with van der Waals surface area (Å²) in [6.07, 6.45) is 4.23. The summed E-state index contributed by atoms with van der Waals surface area (Å²) < 4.78 is 0. The lowest BCUT2D eigenvalue weighted by Gasteiger charge is -2.23. The number of carbonyl (C=O) groups is 1. The summed E-state index contributed by atoms with van der Waals surface area (Å²) in [6, 6.07) is 0.478. The maximum atomic E-state index is 10.7. The van der Waals surface area contributed by atoms with Gasteiger partial charge in [-0.25, -0.2) is 4.99 Å². The summed E-state index contributed by atoms with van der Waals surface area (Å²) >= 11 is 1.37. The molecule has 0 aromatic heterocycles. The smallest absolute Gasteiger partial charge is 0.304 e. The van der Waals surface area contributed by atoms with Crippen LogP contribution in [0.15, 0.2) is 4.99 Å². The highest BCUT2D eigenvalue weighted by Gasteiger charge is 2.41. The first-order valence-corrected chi connectivity index (χ1v) is 7.40. The molecule has 5 atom stereocenters. The molecule has 0 aromatic carbocycles. The third-order valence-electron chi connectivity index (χ3n) is 4.27. The predicted molar refractivity (Wildman–Crippen MR) is 69.4 cm³/mol. The van der Waals surface area contributed by atoms with E-state index in [0.29, 0.717) is 6.04 Å². The van der Waals surface area contributed by atoms with Gasteiger partial charge in [0.1, 0.15) is 0 Å². The fourth-order valence-corrected chi connectivity index (χ4v) is 4.49. The number of aliphatic imine (C=N–C) groups is 1. The second-order valence-corrected chi connectivity index (χ2v) is 6.76. The Labute approximate surface area is 110 Å². The van der Waals surface area contributed by atoms with Crippen molar-refractivity contribution in [2.45, 2.75) is 49.6 Å². The van der Waals surface area contributed by atoms with Crippen LogP contribution in [0.2, 0.25) is 0 Å². The number of aliphatic hydroxyl groups is 1. The van der Waals surface area contributed by atoms with E-state index >= 15 is 0 Å². The predicted octanol–water partition coefficient (Wildman–Crippen LogP) is 1.03. The number of aliphatic hydroxyl groups excluding tert-OH is 1. The molecule has 0 aromatic rings. The summed E-state index contributed by atoms with van der Waals surface area (Å²) in [5.41, 5.74) is 0. The zero-order valence-electron chi connectivity index (χ0n) is 10.1. The summed E-state index contributed by atoms with van der Waals surface area (Å²) in [7, 11) is 0. The van der Waals surface area contributed by atoms with Gasteiger partial charge >= 0.3 is 5.97 Å². The average molecular weight is 270 g/mol. The summed E-state index contributed by atoms with van der Waals surface area (Å²) in [5.74, 6) is 0.719. The highest BCUT2D eigenvalue weighted by Crippen LogP contribution is 2.45. The van der Waals surface area contributed by atoms with Gasteiger partial charge in [0.05, 0.1) is 11.7 Å². The number of thioether (sulfide) groups is 1. The molecule has 2 saturated carbocycles. The molecule has 2 aliphatic carbocycles. The molecule has 2 fully saturated rings. The van der Waals surface area contributed by atoms with E-state index in [1.807, 2.05) is 0 Å². The Balaban J connectivity index is 1.55. The summed E-state index contributed by atoms with van der Waals surface area (Å²) in [4.78, 5) is 14.8. The van der Waals surface area contributed by atoms with Crippen LogP contribution in [0.1, 0.15) is 32.1 Å². The van der Waals surface area contributed by atoms with Crippen LogP contribution in [0.4, 0.5) is 0 Å². The van der Waals surface area contributed by atoms with Crippen molar-refractivity contribution in [2.75, 3.05) is 0 Å². The van der Waals surface area contributed by atoms with Crippen LogP contribution < -0.4 is 5.32 Å². The van der Waals surface area contributed by atoms with Crippen molar-refractivity contribution in [2.24, 2.45) is 16.8 Å². The van der Waals surface area contributed by atoms with Crippen LogP contribution in [-0.2, 0) is 4.79 Å². The van der Waals surface area contributed by atoms with E-state index in [1.54, 1.807) is 0 Å². The van der Waals surface area contributed by atoms with Gasteiger partial charge in [-0.2, -0.15) is 0 Å². The molecule has 1 aliphatic heterocycles. The zero-order chi connectivity index (χ0) is 12.7. The highest BCUT2D eigenvalue weighted by atomic mass is 32.2. The molecule has 0 saturated heterocycles. The standard InChI is InChI=1S/C12H18N2O3S/c15-10(16)5-9-11(17)14-12(18-9)13-8-4-6-1-2-7(8)3-6/h6-9,11,17H,1-5H2,(H,13,14)(H,15,16). The van der Waals surface area contributed by atoms with Crippen LogP contribution in [0.3, 0.4) is 0 Å². The van der Waals surface area contributed by atoms with Gasteiger partial charge in [0, 0.05) is 6.04 Å². The molecule has 18 heavy (non-hydrogen) atoms. The molecule has 0 spiro atoms. The van der Waals surface area contributed by atoms with Crippen molar-refractivity contribution >= 4 is 22.9 Å². The Kier molecular flexibility index (Phi) is 3.23. The van der Waals surface area contributed by atoms with Crippen molar-refractivity contribution in [3.8, 4) is 0 Å². The zero-order valence-corrected chi connectivity index (χ0v) is 10.9. The van der Waals surface area contributed by atoms with Crippen molar-refractivity contribution < 1.29 is 15.0 Å². The SMILES string of the molecule is O=C(O)CC1SC(NC2CC3CCC2C3)=NC1O. The van der Waals surface area contributed by atoms with Gasteiger partial charge in [0.25, 0.3) is 0 Å². The maximum Gasteiger partial charge on any atom is 0.304 e. The Hall–Kier alpha value is -0.750. The molecule has 6 heteroatoms. The molecule has 0 amide bonds. The van der Waals surface area contributed by atoms with E-state index in [1.165, 1.54) is 37.4 Å². The Bertz CT molecular complexity index is 388. The maximum absolute atomic E-state index is 10.7. The number of fused-ring (bicyclic) bond motifs is 2. The van der Waals surface area contributed by atoms with Crippen LogP contribution in [0.25, 0.3) is 0 Å². The van der Waals surface area contributed by atoms with Crippen molar-refractivity contribution in [3.05, 3.63) is 0 Å². The van der Waals surface area contributed by atoms with Gasteiger partial charge in [0.15, 0.2) is 11.4 Å².